The summed E-state index contributed by atoms with van der Waals surface area (Å²) in [4.78, 5) is 6.76. The molecule has 0 spiro atoms. The van der Waals surface area contributed by atoms with E-state index in [2.05, 4.69) is 256 Å². The fraction of sp³-hybridized carbons (Fsp3) is 0. The Morgan fingerprint density at radius 2 is 0.438 bits per heavy atom. The van der Waals surface area contributed by atoms with Gasteiger partial charge in [0.25, 0.3) is 0 Å². The second-order valence-corrected chi connectivity index (χ2v) is 32.0. The van der Waals surface area contributed by atoms with Crippen molar-refractivity contribution in [1.82, 2.24) is 60.0 Å². The first-order valence-electron chi connectivity index (χ1n) is 42.4. The van der Waals surface area contributed by atoms with E-state index in [-0.39, 0.29) is 0 Å². The van der Waals surface area contributed by atoms with E-state index in [0.717, 1.165) is 237 Å². The van der Waals surface area contributed by atoms with Gasteiger partial charge in [-0.15, -0.1) is 40.8 Å². The quantitative estimate of drug-likeness (QED) is 0.141. The van der Waals surface area contributed by atoms with Crippen LogP contribution in [0.5, 0.6) is 0 Å². The van der Waals surface area contributed by atoms with Gasteiger partial charge in [-0.3, -0.25) is 0 Å². The van der Waals surface area contributed by atoms with Crippen molar-refractivity contribution in [3.63, 3.8) is 0 Å². The highest BCUT2D eigenvalue weighted by molar-refractivity contribution is 6.21. The van der Waals surface area contributed by atoms with Crippen molar-refractivity contribution in [2.75, 3.05) is 0 Å². The zero-order valence-corrected chi connectivity index (χ0v) is 68.3. The minimum absolute atomic E-state index is 0.868. The molecule has 16 nitrogen and oxygen atoms in total. The molecule has 0 saturated carbocycles. The lowest BCUT2D eigenvalue weighted by atomic mass is 9.95. The van der Waals surface area contributed by atoms with Gasteiger partial charge in [-0.1, -0.05) is 249 Å². The summed E-state index contributed by atoms with van der Waals surface area (Å²) in [7, 11) is 0. The molecule has 0 N–H and O–H groups in total. The van der Waals surface area contributed by atoms with E-state index in [1.54, 1.807) is 19.2 Å². The maximum Gasteiger partial charge on any atom is 0.143 e. The summed E-state index contributed by atoms with van der Waals surface area (Å²) < 4.78 is 25.0. The fourth-order valence-corrected chi connectivity index (χ4v) is 18.0. The number of nitrogens with zero attached hydrogens (tertiary/aromatic N) is 12. The Labute approximate surface area is 727 Å². The molecule has 0 saturated heterocycles. The Hall–Kier alpha value is -17.8. The van der Waals surface area contributed by atoms with E-state index >= 15 is 0 Å². The lowest BCUT2D eigenvalue weighted by Crippen LogP contribution is -1.97. The van der Waals surface area contributed by atoms with Crippen LogP contribution < -0.4 is 0 Å². The Morgan fingerprint density at radius 1 is 0.148 bits per heavy atom. The van der Waals surface area contributed by atoms with Gasteiger partial charge in [-0.2, -0.15) is 19.2 Å². The molecular weight excluding hydrogens is 1580 g/mol. The molecular formula is C112H68N12O4. The van der Waals surface area contributed by atoms with Gasteiger partial charge < -0.3 is 17.7 Å². The summed E-state index contributed by atoms with van der Waals surface area (Å²) in [6, 6.07) is 141. The molecule has 0 amide bonds. The molecule has 20 aromatic carbocycles. The van der Waals surface area contributed by atoms with Crippen molar-refractivity contribution in [2.45, 2.75) is 0 Å². The standard InChI is InChI=1S/4C28H17N3O/c1-2-8-19(9-3-1)31-29-25-15-14-18(16-26(25)30-31)23-17-24-21-11-6-7-13-27(21)32-28(24)22-12-5-4-10-20(22)23;1-2-7-19(8-3-1)31-29-25-16-13-18(17-26(25)30-31)20-10-6-11-23-21(20)14-15-24-22-9-4-5-12-27(22)32-28(23)24;1-2-7-21(8-3-1)31-29-25-14-11-20(17-26(25)30-31)19-12-15-27-24(16-19)23-13-10-18-6-4-5-9-22(18)28(23)32-27;1-2-6-21(7-3-1)31-29-25-15-12-19(17-26(25)30-31)18-10-13-22-20(16-18)11-14-24-23-8-4-5-9-27(23)32-28(22)24/h4*1-17H. The Bertz CT molecular complexity index is 9220. The molecule has 28 aromatic rings. The Kier molecular flexibility index (Phi) is 17.2. The molecule has 0 aliphatic carbocycles. The molecule has 16 heteroatoms. The van der Waals surface area contributed by atoms with Gasteiger partial charge in [-0.25, -0.2) is 0 Å². The molecule has 0 unspecified atom stereocenters. The van der Waals surface area contributed by atoms with Gasteiger partial charge in [0.2, 0.25) is 0 Å². The zero-order valence-electron chi connectivity index (χ0n) is 68.3. The van der Waals surface area contributed by atoms with E-state index in [0.29, 0.717) is 0 Å². The first-order chi connectivity index (χ1) is 63.4. The number of hydrogen-bond acceptors (Lipinski definition) is 12. The van der Waals surface area contributed by atoms with E-state index in [9.17, 15) is 0 Å². The molecule has 0 aliphatic heterocycles. The smallest absolute Gasteiger partial charge is 0.143 e. The summed E-state index contributed by atoms with van der Waals surface area (Å²) in [5, 5.41) is 55.6. The van der Waals surface area contributed by atoms with Crippen molar-refractivity contribution in [1.29, 1.82) is 0 Å². The van der Waals surface area contributed by atoms with Crippen molar-refractivity contribution < 1.29 is 17.7 Å². The summed E-state index contributed by atoms with van der Waals surface area (Å²) in [5.74, 6) is 0. The van der Waals surface area contributed by atoms with Gasteiger partial charge >= 0.3 is 0 Å². The van der Waals surface area contributed by atoms with Crippen molar-refractivity contribution in [2.24, 2.45) is 0 Å². The largest absolute Gasteiger partial charge is 0.455 e. The molecule has 0 atom stereocenters. The maximum atomic E-state index is 6.25. The number of furan rings is 4. The minimum Gasteiger partial charge on any atom is -0.455 e. The van der Waals surface area contributed by atoms with Gasteiger partial charge in [0.05, 0.1) is 22.7 Å². The zero-order chi connectivity index (χ0) is 84.3. The Balaban J connectivity index is 0.0000000926. The topological polar surface area (TPSA) is 175 Å². The highest BCUT2D eigenvalue weighted by Crippen LogP contribution is 2.44. The molecule has 8 heterocycles. The number of hydrogen-bond donors (Lipinski definition) is 0. The maximum absolute atomic E-state index is 6.25. The lowest BCUT2D eigenvalue weighted by molar-refractivity contribution is 0.672. The van der Waals surface area contributed by atoms with Crippen LogP contribution in [0.2, 0.25) is 0 Å². The van der Waals surface area contributed by atoms with Crippen LogP contribution in [-0.2, 0) is 0 Å². The molecule has 600 valence electrons. The third kappa shape index (κ3) is 12.8. The van der Waals surface area contributed by atoms with Gasteiger partial charge in [0.15, 0.2) is 0 Å². The molecule has 0 bridgehead atoms. The third-order valence-electron chi connectivity index (χ3n) is 24.3. The van der Waals surface area contributed by atoms with Crippen molar-refractivity contribution in [3.05, 3.63) is 413 Å². The van der Waals surface area contributed by atoms with Crippen LogP contribution in [0.4, 0.5) is 0 Å². The molecule has 128 heavy (non-hydrogen) atoms. The second-order valence-electron chi connectivity index (χ2n) is 32.0. The van der Waals surface area contributed by atoms with E-state index < -0.39 is 0 Å². The van der Waals surface area contributed by atoms with Crippen molar-refractivity contribution in [3.8, 4) is 67.3 Å². The summed E-state index contributed by atoms with van der Waals surface area (Å²) in [6.07, 6.45) is 0. The van der Waals surface area contributed by atoms with Crippen LogP contribution in [-0.4, -0.2) is 60.0 Å². The summed E-state index contributed by atoms with van der Waals surface area (Å²) in [6.45, 7) is 0. The monoisotopic (exact) mass is 1640 g/mol. The number of aromatic nitrogens is 12. The van der Waals surface area contributed by atoms with Crippen molar-refractivity contribution >= 4 is 175 Å². The Morgan fingerprint density at radius 3 is 0.938 bits per heavy atom. The number of fused-ring (bicyclic) bond motifs is 24. The average Bonchev–Trinajstić information content (AvgIpc) is 1.56. The van der Waals surface area contributed by atoms with Crippen LogP contribution >= 0.6 is 0 Å². The average molecular weight is 1650 g/mol. The van der Waals surface area contributed by atoms with Gasteiger partial charge in [0, 0.05) is 64.6 Å². The fourth-order valence-electron chi connectivity index (χ4n) is 18.0. The number of para-hydroxylation sites is 7. The number of rotatable bonds is 8. The molecule has 8 aromatic heterocycles. The third-order valence-corrected chi connectivity index (χ3v) is 24.3. The molecule has 0 fully saturated rings. The lowest BCUT2D eigenvalue weighted by Gasteiger charge is -2.08. The predicted molar refractivity (Wildman–Crippen MR) is 516 cm³/mol. The van der Waals surface area contributed by atoms with E-state index in [1.807, 2.05) is 182 Å². The SMILES string of the molecule is c1ccc(-n2nc3ccc(-c4cc5c6ccccc6oc5c5ccccc45)cc3n2)cc1.c1ccc(-n2nc3ccc(-c4ccc5c(ccc6c7ccccc7oc56)c4)cc3n2)cc1.c1ccc(-n2nc3ccc(-c4ccc5oc6c7ccccc7ccc6c5c4)cc3n2)cc1.c1ccc(-n2nc3ccc(-c4cccc5c4ccc4c6ccccc6oc54)cc3n2)cc1. The predicted octanol–water partition coefficient (Wildman–Crippen LogP) is 28.6. The highest BCUT2D eigenvalue weighted by atomic mass is 16.3. The van der Waals surface area contributed by atoms with Crippen LogP contribution in [0.15, 0.2) is 430 Å². The van der Waals surface area contributed by atoms with Crippen LogP contribution in [0.3, 0.4) is 0 Å². The van der Waals surface area contributed by atoms with E-state index in [4.69, 9.17) is 33.0 Å². The highest BCUT2D eigenvalue weighted by Gasteiger charge is 2.21. The molecule has 0 aliphatic rings. The van der Waals surface area contributed by atoms with Crippen LogP contribution in [0.1, 0.15) is 0 Å². The number of benzene rings is 20. The minimum atomic E-state index is 0.868. The van der Waals surface area contributed by atoms with Crippen LogP contribution in [0.25, 0.3) is 242 Å². The molecule has 0 radical (unpaired) electrons. The second kappa shape index (κ2) is 30.1. The van der Waals surface area contributed by atoms with E-state index in [1.165, 1.54) is 5.39 Å². The summed E-state index contributed by atoms with van der Waals surface area (Å²) >= 11 is 0. The first kappa shape index (κ1) is 73.0. The molecule has 28 rings (SSSR count). The normalized spacial score (nSPS) is 11.8. The van der Waals surface area contributed by atoms with Gasteiger partial charge in [-0.05, 0) is 230 Å². The first-order valence-corrected chi connectivity index (χ1v) is 42.4. The summed E-state index contributed by atoms with van der Waals surface area (Å²) in [5.41, 5.74) is 27.2. The van der Waals surface area contributed by atoms with Gasteiger partial charge in [0.1, 0.15) is 88.8 Å². The van der Waals surface area contributed by atoms with Crippen LogP contribution in [0, 0.1) is 0 Å².